The van der Waals surface area contributed by atoms with Crippen molar-refractivity contribution in [2.75, 3.05) is 19.7 Å². The van der Waals surface area contributed by atoms with Gasteiger partial charge in [0, 0.05) is 25.4 Å². The Kier molecular flexibility index (Phi) is 6.12. The van der Waals surface area contributed by atoms with E-state index in [-0.39, 0.29) is 32.0 Å². The number of aliphatic carboxylic acids is 1. The van der Waals surface area contributed by atoms with E-state index < -0.39 is 35.5 Å². The molecule has 1 saturated heterocycles. The van der Waals surface area contributed by atoms with Crippen LogP contribution >= 0.6 is 0 Å². The van der Waals surface area contributed by atoms with Crippen LogP contribution in [0.3, 0.4) is 0 Å². The van der Waals surface area contributed by atoms with Gasteiger partial charge in [-0.25, -0.2) is 9.59 Å². The van der Waals surface area contributed by atoms with Crippen LogP contribution in [-0.2, 0) is 14.3 Å². The highest BCUT2D eigenvalue weighted by atomic mass is 16.5. The summed E-state index contributed by atoms with van der Waals surface area (Å²) < 4.78 is 5.51. The van der Waals surface area contributed by atoms with Crippen LogP contribution in [0.5, 0.6) is 0 Å². The molecule has 1 aliphatic carbocycles. The number of carboxylic acids is 1. The number of carbonyl (C=O) groups excluding carboxylic acids is 2. The molecule has 3 N–H and O–H groups in total. The number of carboxylic acid groups (broad SMARTS) is 1. The normalized spacial score (nSPS) is 19.7. The SMILES string of the molecule is CC(C)(CNC(=O)OCC1c2ccccc2-c2ccccc21)C(=O)N1C[C@H](O)C[C@H]1C(=O)O. The predicted octanol–water partition coefficient (Wildman–Crippen LogP) is 2.60. The molecule has 1 heterocycles. The van der Waals surface area contributed by atoms with Crippen molar-refractivity contribution in [3.8, 4) is 11.1 Å². The van der Waals surface area contributed by atoms with E-state index in [1.165, 1.54) is 4.90 Å². The number of carbonyl (C=O) groups is 3. The lowest BCUT2D eigenvalue weighted by Crippen LogP contribution is -2.50. The molecule has 2 aromatic rings. The number of nitrogens with zero attached hydrogens (tertiary/aromatic N) is 1. The molecule has 4 rings (SSSR count). The smallest absolute Gasteiger partial charge is 0.407 e. The van der Waals surface area contributed by atoms with Gasteiger partial charge in [-0.05, 0) is 36.1 Å². The number of amides is 2. The van der Waals surface area contributed by atoms with Crippen molar-refractivity contribution in [2.24, 2.45) is 5.41 Å². The molecule has 1 aliphatic heterocycles. The van der Waals surface area contributed by atoms with Gasteiger partial charge >= 0.3 is 12.1 Å². The molecule has 2 amide bonds. The highest BCUT2D eigenvalue weighted by molar-refractivity contribution is 5.88. The Bertz CT molecular complexity index is 1040. The molecule has 0 bridgehead atoms. The molecule has 0 radical (unpaired) electrons. The zero-order chi connectivity index (χ0) is 23.8. The van der Waals surface area contributed by atoms with E-state index in [1.54, 1.807) is 13.8 Å². The lowest BCUT2D eigenvalue weighted by Gasteiger charge is -2.31. The van der Waals surface area contributed by atoms with Crippen LogP contribution in [0.15, 0.2) is 48.5 Å². The van der Waals surface area contributed by atoms with Crippen molar-refractivity contribution in [3.63, 3.8) is 0 Å². The largest absolute Gasteiger partial charge is 0.480 e. The quantitative estimate of drug-likeness (QED) is 0.620. The lowest BCUT2D eigenvalue weighted by atomic mass is 9.91. The molecule has 1 fully saturated rings. The maximum atomic E-state index is 12.9. The summed E-state index contributed by atoms with van der Waals surface area (Å²) in [6.45, 7) is 3.35. The second kappa shape index (κ2) is 8.86. The number of fused-ring (bicyclic) bond motifs is 3. The summed E-state index contributed by atoms with van der Waals surface area (Å²) in [6, 6.07) is 15.0. The van der Waals surface area contributed by atoms with E-state index in [0.29, 0.717) is 0 Å². The molecule has 2 aliphatic rings. The number of aliphatic hydroxyl groups is 1. The fraction of sp³-hybridized carbons (Fsp3) is 0.400. The second-order valence-electron chi connectivity index (χ2n) is 9.26. The predicted molar refractivity (Wildman–Crippen MR) is 121 cm³/mol. The molecular weight excluding hydrogens is 424 g/mol. The number of hydrogen-bond acceptors (Lipinski definition) is 5. The highest BCUT2D eigenvalue weighted by Crippen LogP contribution is 2.44. The van der Waals surface area contributed by atoms with Crippen molar-refractivity contribution < 1.29 is 29.3 Å². The van der Waals surface area contributed by atoms with Gasteiger partial charge in [-0.15, -0.1) is 0 Å². The zero-order valence-electron chi connectivity index (χ0n) is 18.7. The highest BCUT2D eigenvalue weighted by Gasteiger charge is 2.44. The lowest BCUT2D eigenvalue weighted by molar-refractivity contribution is -0.152. The Labute approximate surface area is 192 Å². The molecule has 2 atom stereocenters. The van der Waals surface area contributed by atoms with Crippen LogP contribution in [0.1, 0.15) is 37.3 Å². The Morgan fingerprint density at radius 2 is 1.64 bits per heavy atom. The first-order valence-electron chi connectivity index (χ1n) is 11.0. The van der Waals surface area contributed by atoms with E-state index in [4.69, 9.17) is 4.74 Å². The third-order valence-corrected chi connectivity index (χ3v) is 6.42. The number of alkyl carbamates (subject to hydrolysis) is 1. The summed E-state index contributed by atoms with van der Waals surface area (Å²) >= 11 is 0. The number of β-amino-alcohol motifs (C(OH)–C–C–N with tert-alkyl or cyclic N) is 1. The molecule has 0 aromatic heterocycles. The first-order chi connectivity index (χ1) is 15.7. The van der Waals surface area contributed by atoms with E-state index in [1.807, 2.05) is 36.4 Å². The minimum Gasteiger partial charge on any atom is -0.480 e. The van der Waals surface area contributed by atoms with Gasteiger partial charge in [-0.2, -0.15) is 0 Å². The van der Waals surface area contributed by atoms with Gasteiger partial charge in [0.05, 0.1) is 11.5 Å². The molecule has 0 saturated carbocycles. The van der Waals surface area contributed by atoms with Gasteiger partial charge in [0.15, 0.2) is 0 Å². The average molecular weight is 453 g/mol. The molecule has 0 unspecified atom stereocenters. The number of ether oxygens (including phenoxy) is 1. The van der Waals surface area contributed by atoms with Crippen molar-refractivity contribution in [2.45, 2.75) is 38.3 Å². The van der Waals surface area contributed by atoms with E-state index >= 15 is 0 Å². The molecule has 0 spiro atoms. The number of hydrogen-bond donors (Lipinski definition) is 3. The van der Waals surface area contributed by atoms with Gasteiger partial charge in [0.2, 0.25) is 5.91 Å². The van der Waals surface area contributed by atoms with Crippen LogP contribution in [0.4, 0.5) is 4.79 Å². The molecule has 33 heavy (non-hydrogen) atoms. The van der Waals surface area contributed by atoms with Gasteiger partial charge in [0.1, 0.15) is 12.6 Å². The Morgan fingerprint density at radius 1 is 1.06 bits per heavy atom. The van der Waals surface area contributed by atoms with Gasteiger partial charge in [0.25, 0.3) is 0 Å². The maximum Gasteiger partial charge on any atom is 0.407 e. The number of aliphatic hydroxyl groups excluding tert-OH is 1. The van der Waals surface area contributed by atoms with Crippen LogP contribution in [0.25, 0.3) is 11.1 Å². The number of benzene rings is 2. The van der Waals surface area contributed by atoms with Crippen molar-refractivity contribution >= 4 is 18.0 Å². The van der Waals surface area contributed by atoms with Gasteiger partial charge in [-0.1, -0.05) is 48.5 Å². The fourth-order valence-electron chi connectivity index (χ4n) is 4.68. The topological polar surface area (TPSA) is 116 Å². The molecule has 8 heteroatoms. The van der Waals surface area contributed by atoms with Gasteiger partial charge < -0.3 is 25.2 Å². The standard InChI is InChI=1S/C25H28N2O6/c1-25(2,23(31)27-12-15(28)11-21(27)22(29)30)14-26-24(32)33-13-20-18-9-5-3-7-16(18)17-8-4-6-10-19(17)20/h3-10,15,20-21,28H,11-14H2,1-2H3,(H,26,32)(H,29,30)/t15-,21+/m1/s1. The number of likely N-dealkylation sites (tertiary alicyclic amines) is 1. The summed E-state index contributed by atoms with van der Waals surface area (Å²) in [4.78, 5) is 38.0. The minimum atomic E-state index is -1.15. The first kappa shape index (κ1) is 22.8. The average Bonchev–Trinajstić information content (AvgIpc) is 3.34. The maximum absolute atomic E-state index is 12.9. The minimum absolute atomic E-state index is 0.00302. The Morgan fingerprint density at radius 3 is 2.21 bits per heavy atom. The second-order valence-corrected chi connectivity index (χ2v) is 9.26. The van der Waals surface area contributed by atoms with Crippen LogP contribution in [0.2, 0.25) is 0 Å². The Hall–Kier alpha value is -3.39. The molecule has 8 nitrogen and oxygen atoms in total. The van der Waals surface area contributed by atoms with E-state index in [2.05, 4.69) is 17.4 Å². The van der Waals surface area contributed by atoms with Gasteiger partial charge in [-0.3, -0.25) is 4.79 Å². The zero-order valence-corrected chi connectivity index (χ0v) is 18.7. The summed E-state index contributed by atoms with van der Waals surface area (Å²) in [7, 11) is 0. The van der Waals surface area contributed by atoms with E-state index in [9.17, 15) is 24.6 Å². The molecule has 174 valence electrons. The summed E-state index contributed by atoms with van der Waals surface area (Å²) in [5.41, 5.74) is 3.41. The Balaban J connectivity index is 1.36. The fourth-order valence-corrected chi connectivity index (χ4v) is 4.68. The van der Waals surface area contributed by atoms with Crippen molar-refractivity contribution in [3.05, 3.63) is 59.7 Å². The molecule has 2 aromatic carbocycles. The first-order valence-corrected chi connectivity index (χ1v) is 11.0. The van der Waals surface area contributed by atoms with E-state index in [0.717, 1.165) is 22.3 Å². The van der Waals surface area contributed by atoms with Crippen LogP contribution < -0.4 is 5.32 Å². The van der Waals surface area contributed by atoms with Crippen molar-refractivity contribution in [1.82, 2.24) is 10.2 Å². The number of rotatable bonds is 6. The third-order valence-electron chi connectivity index (χ3n) is 6.42. The molecular formula is C25H28N2O6. The van der Waals surface area contributed by atoms with Crippen molar-refractivity contribution in [1.29, 1.82) is 0 Å². The van der Waals surface area contributed by atoms with Crippen LogP contribution in [-0.4, -0.2) is 64.9 Å². The summed E-state index contributed by atoms with van der Waals surface area (Å²) in [5, 5.41) is 21.8. The monoisotopic (exact) mass is 452 g/mol. The summed E-state index contributed by atoms with van der Waals surface area (Å²) in [6.07, 6.45) is -1.52. The number of nitrogens with one attached hydrogen (secondary N) is 1. The summed E-state index contributed by atoms with van der Waals surface area (Å²) in [5.74, 6) is -1.66. The van der Waals surface area contributed by atoms with Crippen LogP contribution in [0, 0.1) is 5.41 Å². The third kappa shape index (κ3) is 4.43.